The van der Waals surface area contributed by atoms with Crippen LogP contribution >= 0.6 is 0 Å². The van der Waals surface area contributed by atoms with Crippen molar-refractivity contribution in [2.45, 2.75) is 11.1 Å². The molecule has 0 spiro atoms. The van der Waals surface area contributed by atoms with Crippen molar-refractivity contribution in [1.82, 2.24) is 0 Å². The largest absolute Gasteiger partial charge is 0.493 e. The lowest BCUT2D eigenvalue weighted by molar-refractivity contribution is -0.137. The van der Waals surface area contributed by atoms with Gasteiger partial charge in [-0.2, -0.15) is 18.4 Å². The fourth-order valence-electron chi connectivity index (χ4n) is 1.92. The molecule has 0 aliphatic carbocycles. The van der Waals surface area contributed by atoms with Crippen LogP contribution in [0.25, 0.3) is 0 Å². The number of alkyl halides is 3. The molecule has 0 saturated carbocycles. The Hall–Kier alpha value is -2.99. The van der Waals surface area contributed by atoms with Crippen LogP contribution in [-0.4, -0.2) is 13.5 Å². The van der Waals surface area contributed by atoms with Crippen molar-refractivity contribution in [3.05, 3.63) is 70.9 Å². The number of aliphatic hydroxyl groups is 1. The van der Waals surface area contributed by atoms with Gasteiger partial charge in [-0.25, -0.2) is 8.42 Å². The molecule has 25 heavy (non-hydrogen) atoms. The van der Waals surface area contributed by atoms with Crippen molar-refractivity contribution in [1.29, 1.82) is 5.26 Å². The average molecular weight is 368 g/mol. The standard InChI is InChI=1S/C16H11F3N2O3S/c17-16(18,19)11-5-4-6-12(9-11)21-15(22)14(10-20)25(23,24)13-7-2-1-3-8-13/h1-9,21-22H/b15-14-. The molecule has 0 atom stereocenters. The zero-order chi connectivity index (χ0) is 18.7. The number of nitriles is 1. The molecular weight excluding hydrogens is 357 g/mol. The lowest BCUT2D eigenvalue weighted by Gasteiger charge is -2.11. The minimum Gasteiger partial charge on any atom is -0.493 e. The summed E-state index contributed by atoms with van der Waals surface area (Å²) in [6, 6.07) is 12.0. The summed E-state index contributed by atoms with van der Waals surface area (Å²) in [5.74, 6) is -1.06. The molecule has 0 amide bonds. The fourth-order valence-corrected chi connectivity index (χ4v) is 3.10. The van der Waals surface area contributed by atoms with Crippen LogP contribution in [-0.2, 0) is 16.0 Å². The molecule has 5 nitrogen and oxygen atoms in total. The number of nitrogens with zero attached hydrogens (tertiary/aromatic N) is 1. The average Bonchev–Trinajstić information content (AvgIpc) is 2.55. The number of sulfone groups is 1. The van der Waals surface area contributed by atoms with E-state index in [0.717, 1.165) is 12.1 Å². The first-order valence-corrected chi connectivity index (χ1v) is 8.22. The van der Waals surface area contributed by atoms with Crippen LogP contribution in [0.2, 0.25) is 0 Å². The number of halogens is 3. The summed E-state index contributed by atoms with van der Waals surface area (Å²) >= 11 is 0. The van der Waals surface area contributed by atoms with Crippen LogP contribution in [0.3, 0.4) is 0 Å². The van der Waals surface area contributed by atoms with Crippen molar-refractivity contribution in [3.8, 4) is 6.07 Å². The highest BCUT2D eigenvalue weighted by molar-refractivity contribution is 7.95. The molecule has 0 radical (unpaired) electrons. The Morgan fingerprint density at radius 3 is 2.28 bits per heavy atom. The van der Waals surface area contributed by atoms with E-state index >= 15 is 0 Å². The molecule has 0 unspecified atom stereocenters. The summed E-state index contributed by atoms with van der Waals surface area (Å²) in [4.78, 5) is -1.24. The number of aliphatic hydroxyl groups excluding tert-OH is 1. The van der Waals surface area contributed by atoms with Gasteiger partial charge in [0.15, 0.2) is 0 Å². The molecule has 0 fully saturated rings. The first kappa shape index (κ1) is 18.4. The van der Waals surface area contributed by atoms with E-state index in [9.17, 15) is 26.7 Å². The van der Waals surface area contributed by atoms with Crippen LogP contribution in [0.1, 0.15) is 5.56 Å². The summed E-state index contributed by atoms with van der Waals surface area (Å²) in [5, 5.41) is 21.1. The molecule has 0 aliphatic heterocycles. The zero-order valence-electron chi connectivity index (χ0n) is 12.4. The van der Waals surface area contributed by atoms with Crippen LogP contribution in [0.5, 0.6) is 0 Å². The lowest BCUT2D eigenvalue weighted by Crippen LogP contribution is -2.12. The Morgan fingerprint density at radius 1 is 1.08 bits per heavy atom. The molecule has 9 heteroatoms. The van der Waals surface area contributed by atoms with Crippen molar-refractivity contribution in [2.75, 3.05) is 5.32 Å². The van der Waals surface area contributed by atoms with Gasteiger partial charge in [0.1, 0.15) is 6.07 Å². The Bertz CT molecular complexity index is 947. The van der Waals surface area contributed by atoms with Crippen LogP contribution in [0.15, 0.2) is 70.3 Å². The number of allylic oxidation sites excluding steroid dienone is 1. The number of benzene rings is 2. The highest BCUT2D eigenvalue weighted by atomic mass is 32.2. The molecule has 130 valence electrons. The van der Waals surface area contributed by atoms with Crippen molar-refractivity contribution >= 4 is 15.5 Å². The predicted molar refractivity (Wildman–Crippen MR) is 84.0 cm³/mol. The first-order valence-electron chi connectivity index (χ1n) is 6.74. The third-order valence-corrected chi connectivity index (χ3v) is 4.81. The van der Waals surface area contributed by atoms with E-state index in [4.69, 9.17) is 5.26 Å². The smallest absolute Gasteiger partial charge is 0.416 e. The van der Waals surface area contributed by atoms with Gasteiger partial charge >= 0.3 is 6.18 Å². The second kappa shape index (κ2) is 6.86. The normalized spacial score (nSPS) is 12.9. The van der Waals surface area contributed by atoms with E-state index in [-0.39, 0.29) is 10.6 Å². The molecular formula is C16H11F3N2O3S. The van der Waals surface area contributed by atoms with E-state index in [1.54, 1.807) is 6.07 Å². The van der Waals surface area contributed by atoms with Gasteiger partial charge in [0.05, 0.1) is 10.5 Å². The van der Waals surface area contributed by atoms with Gasteiger partial charge < -0.3 is 10.4 Å². The molecule has 2 aromatic rings. The van der Waals surface area contributed by atoms with E-state index in [1.807, 2.05) is 0 Å². The van der Waals surface area contributed by atoms with Gasteiger partial charge in [-0.05, 0) is 30.3 Å². The van der Waals surface area contributed by atoms with Crippen LogP contribution in [0, 0.1) is 11.3 Å². The van der Waals surface area contributed by atoms with Gasteiger partial charge in [-0.15, -0.1) is 0 Å². The van der Waals surface area contributed by atoms with Gasteiger partial charge in [0, 0.05) is 5.69 Å². The Balaban J connectivity index is 2.43. The second-order valence-electron chi connectivity index (χ2n) is 4.81. The van der Waals surface area contributed by atoms with Crippen LogP contribution in [0.4, 0.5) is 18.9 Å². The van der Waals surface area contributed by atoms with E-state index in [1.165, 1.54) is 36.4 Å². The quantitative estimate of drug-likeness (QED) is 0.632. The Morgan fingerprint density at radius 2 is 1.72 bits per heavy atom. The van der Waals surface area contributed by atoms with E-state index in [2.05, 4.69) is 5.32 Å². The molecule has 0 aromatic heterocycles. The molecule has 2 aromatic carbocycles. The Labute approximate surface area is 141 Å². The summed E-state index contributed by atoms with van der Waals surface area (Å²) in [5.41, 5.74) is -1.21. The summed E-state index contributed by atoms with van der Waals surface area (Å²) in [6.07, 6.45) is -4.61. The van der Waals surface area contributed by atoms with Gasteiger partial charge in [0.25, 0.3) is 0 Å². The Kier molecular flexibility index (Phi) is 5.04. The maximum absolute atomic E-state index is 12.7. The minimum absolute atomic E-state index is 0.219. The molecule has 2 rings (SSSR count). The second-order valence-corrected chi connectivity index (χ2v) is 6.70. The molecule has 0 saturated heterocycles. The predicted octanol–water partition coefficient (Wildman–Crippen LogP) is 3.84. The highest BCUT2D eigenvalue weighted by Crippen LogP contribution is 2.31. The minimum atomic E-state index is -4.61. The highest BCUT2D eigenvalue weighted by Gasteiger charge is 2.31. The third kappa shape index (κ3) is 4.10. The zero-order valence-corrected chi connectivity index (χ0v) is 13.3. The topological polar surface area (TPSA) is 90.2 Å². The fraction of sp³-hybridized carbons (Fsp3) is 0.0625. The SMILES string of the molecule is N#C/C(=C(/O)Nc1cccc(C(F)(F)F)c1)S(=O)(=O)c1ccccc1. The van der Waals surface area contributed by atoms with Crippen LogP contribution < -0.4 is 5.32 Å². The van der Waals surface area contributed by atoms with Crippen molar-refractivity contribution < 1.29 is 26.7 Å². The number of nitrogens with one attached hydrogen (secondary N) is 1. The van der Waals surface area contributed by atoms with Gasteiger partial charge in [-0.3, -0.25) is 0 Å². The number of hydrogen-bond acceptors (Lipinski definition) is 5. The molecule has 0 aliphatic rings. The summed E-state index contributed by atoms with van der Waals surface area (Å²) < 4.78 is 62.8. The van der Waals surface area contributed by atoms with Gasteiger partial charge in [0.2, 0.25) is 20.6 Å². The third-order valence-electron chi connectivity index (χ3n) is 3.09. The van der Waals surface area contributed by atoms with Gasteiger partial charge in [-0.1, -0.05) is 24.3 Å². The maximum atomic E-state index is 12.7. The van der Waals surface area contributed by atoms with Crippen molar-refractivity contribution in [2.24, 2.45) is 0 Å². The van der Waals surface area contributed by atoms with E-state index < -0.39 is 32.4 Å². The van der Waals surface area contributed by atoms with Crippen molar-refractivity contribution in [3.63, 3.8) is 0 Å². The first-order chi connectivity index (χ1) is 11.7. The maximum Gasteiger partial charge on any atom is 0.416 e. The van der Waals surface area contributed by atoms with E-state index in [0.29, 0.717) is 6.07 Å². The monoisotopic (exact) mass is 368 g/mol. The lowest BCUT2D eigenvalue weighted by atomic mass is 10.2. The summed E-state index contributed by atoms with van der Waals surface area (Å²) in [6.45, 7) is 0. The number of hydrogen-bond donors (Lipinski definition) is 2. The number of rotatable bonds is 4. The number of anilines is 1. The summed E-state index contributed by atoms with van der Waals surface area (Å²) in [7, 11) is -4.33. The molecule has 0 bridgehead atoms. The molecule has 0 heterocycles. The molecule has 2 N–H and O–H groups in total.